The average Bonchev–Trinajstić information content (AvgIpc) is 2.30. The number of phenols is 1. The topological polar surface area (TPSA) is 62.2 Å². The number of phenolic OH excluding ortho intramolecular Hbond substituents is 1. The van der Waals surface area contributed by atoms with Crippen LogP contribution in [0.25, 0.3) is 10.9 Å². The van der Waals surface area contributed by atoms with Crippen molar-refractivity contribution in [1.82, 2.24) is 10.3 Å². The van der Waals surface area contributed by atoms with E-state index in [2.05, 4.69) is 10.3 Å². The zero-order valence-electron chi connectivity index (χ0n) is 8.90. The summed E-state index contributed by atoms with van der Waals surface area (Å²) in [5, 5.41) is 13.4. The van der Waals surface area contributed by atoms with Gasteiger partial charge in [0.25, 0.3) is 5.91 Å². The number of carbonyl (C=O) groups is 1. The van der Waals surface area contributed by atoms with Crippen LogP contribution in [0.5, 0.6) is 5.75 Å². The maximum Gasteiger partial charge on any atom is 0.255 e. The van der Waals surface area contributed by atoms with Crippen molar-refractivity contribution in [2.24, 2.45) is 0 Å². The predicted octanol–water partition coefficient (Wildman–Crippen LogP) is 1.69. The van der Waals surface area contributed by atoms with Crippen molar-refractivity contribution in [2.75, 3.05) is 6.54 Å². The highest BCUT2D eigenvalue weighted by Crippen LogP contribution is 2.26. The molecule has 1 aromatic carbocycles. The van der Waals surface area contributed by atoms with Gasteiger partial charge >= 0.3 is 0 Å². The Morgan fingerprint density at radius 2 is 2.25 bits per heavy atom. The van der Waals surface area contributed by atoms with Crippen LogP contribution in [0.1, 0.15) is 17.3 Å². The van der Waals surface area contributed by atoms with Gasteiger partial charge in [0.1, 0.15) is 5.52 Å². The molecule has 0 radical (unpaired) electrons. The molecule has 2 N–H and O–H groups in total. The lowest BCUT2D eigenvalue weighted by Crippen LogP contribution is -2.22. The minimum Gasteiger partial charge on any atom is -0.505 e. The molecule has 0 fully saturated rings. The van der Waals surface area contributed by atoms with Crippen molar-refractivity contribution in [2.45, 2.75) is 6.92 Å². The number of benzene rings is 1. The van der Waals surface area contributed by atoms with Crippen molar-refractivity contribution >= 4 is 16.8 Å². The van der Waals surface area contributed by atoms with E-state index >= 15 is 0 Å². The van der Waals surface area contributed by atoms with Crippen LogP contribution in [0.4, 0.5) is 0 Å². The number of aromatic nitrogens is 1. The van der Waals surface area contributed by atoms with Crippen LogP contribution in [0, 0.1) is 0 Å². The van der Waals surface area contributed by atoms with Crippen LogP contribution in [0.15, 0.2) is 30.5 Å². The van der Waals surface area contributed by atoms with Crippen LogP contribution < -0.4 is 5.32 Å². The molecular weight excluding hydrogens is 204 g/mol. The van der Waals surface area contributed by atoms with E-state index < -0.39 is 0 Å². The highest BCUT2D eigenvalue weighted by atomic mass is 16.3. The lowest BCUT2D eigenvalue weighted by atomic mass is 10.1. The number of amides is 1. The highest BCUT2D eigenvalue weighted by molar-refractivity contribution is 6.02. The third-order valence-electron chi connectivity index (χ3n) is 2.33. The van der Waals surface area contributed by atoms with Gasteiger partial charge in [-0.3, -0.25) is 9.78 Å². The molecule has 0 aliphatic rings. The first-order valence-electron chi connectivity index (χ1n) is 5.09. The van der Waals surface area contributed by atoms with Gasteiger partial charge in [-0.1, -0.05) is 12.1 Å². The average molecular weight is 216 g/mol. The molecule has 2 rings (SSSR count). The number of rotatable bonds is 2. The molecule has 0 atom stereocenters. The summed E-state index contributed by atoms with van der Waals surface area (Å²) in [5.41, 5.74) is 0.708. The van der Waals surface area contributed by atoms with E-state index in [4.69, 9.17) is 0 Å². The van der Waals surface area contributed by atoms with Crippen molar-refractivity contribution in [3.63, 3.8) is 0 Å². The number of nitrogens with one attached hydrogen (secondary N) is 1. The molecule has 1 aromatic heterocycles. The Labute approximate surface area is 92.9 Å². The van der Waals surface area contributed by atoms with Gasteiger partial charge in [-0.2, -0.15) is 0 Å². The Balaban J connectivity index is 2.56. The van der Waals surface area contributed by atoms with Gasteiger partial charge in [0, 0.05) is 18.1 Å². The zero-order chi connectivity index (χ0) is 11.5. The molecule has 4 nitrogen and oxygen atoms in total. The van der Waals surface area contributed by atoms with Crippen LogP contribution in [-0.4, -0.2) is 22.5 Å². The summed E-state index contributed by atoms with van der Waals surface area (Å²) in [6, 6.07) is 6.99. The minimum atomic E-state index is -0.285. The van der Waals surface area contributed by atoms with E-state index in [-0.39, 0.29) is 17.2 Å². The molecule has 82 valence electrons. The lowest BCUT2D eigenvalue weighted by molar-refractivity contribution is 0.0953. The number of hydrogen-bond acceptors (Lipinski definition) is 3. The summed E-state index contributed by atoms with van der Waals surface area (Å²) in [6.45, 7) is 2.35. The second-order valence-corrected chi connectivity index (χ2v) is 3.40. The van der Waals surface area contributed by atoms with Crippen molar-refractivity contribution in [3.8, 4) is 5.75 Å². The number of hydrogen-bond donors (Lipinski definition) is 2. The molecule has 2 aromatic rings. The SMILES string of the molecule is CCNC(=O)c1ccc2cccnc2c1O. The summed E-state index contributed by atoms with van der Waals surface area (Å²) < 4.78 is 0. The van der Waals surface area contributed by atoms with Crippen LogP contribution >= 0.6 is 0 Å². The Kier molecular flexibility index (Phi) is 2.72. The number of pyridine rings is 1. The molecule has 1 amide bonds. The summed E-state index contributed by atoms with van der Waals surface area (Å²) in [5.74, 6) is -0.350. The van der Waals surface area contributed by atoms with Gasteiger partial charge in [0.05, 0.1) is 5.56 Å². The fourth-order valence-electron chi connectivity index (χ4n) is 1.57. The van der Waals surface area contributed by atoms with Gasteiger partial charge in [-0.05, 0) is 19.1 Å². The molecule has 0 bridgehead atoms. The van der Waals surface area contributed by atoms with Crippen molar-refractivity contribution in [1.29, 1.82) is 0 Å². The Morgan fingerprint density at radius 1 is 1.44 bits per heavy atom. The normalized spacial score (nSPS) is 10.3. The molecular formula is C12H12N2O2. The second kappa shape index (κ2) is 4.18. The zero-order valence-corrected chi connectivity index (χ0v) is 8.90. The number of carbonyl (C=O) groups excluding carboxylic acids is 1. The first-order chi connectivity index (χ1) is 7.74. The fraction of sp³-hybridized carbons (Fsp3) is 0.167. The minimum absolute atomic E-state index is 0.0657. The van der Waals surface area contributed by atoms with E-state index in [0.717, 1.165) is 5.39 Å². The van der Waals surface area contributed by atoms with Gasteiger partial charge in [0.15, 0.2) is 5.75 Å². The van der Waals surface area contributed by atoms with Gasteiger partial charge in [-0.15, -0.1) is 0 Å². The third kappa shape index (κ3) is 1.69. The Hall–Kier alpha value is -2.10. The number of fused-ring (bicyclic) bond motifs is 1. The van der Waals surface area contributed by atoms with Crippen molar-refractivity contribution < 1.29 is 9.90 Å². The summed E-state index contributed by atoms with van der Waals surface area (Å²) in [4.78, 5) is 15.7. The van der Waals surface area contributed by atoms with E-state index in [9.17, 15) is 9.90 Å². The first-order valence-corrected chi connectivity index (χ1v) is 5.09. The molecule has 0 spiro atoms. The first kappa shape index (κ1) is 10.4. The molecule has 0 aliphatic carbocycles. The summed E-state index contributed by atoms with van der Waals surface area (Å²) in [7, 11) is 0. The summed E-state index contributed by atoms with van der Waals surface area (Å²) in [6.07, 6.45) is 1.59. The van der Waals surface area contributed by atoms with Crippen LogP contribution in [0.3, 0.4) is 0 Å². The molecule has 1 heterocycles. The Bertz CT molecular complexity index is 538. The standard InChI is InChI=1S/C12H12N2O2/c1-2-13-12(16)9-6-5-8-4-3-7-14-10(8)11(9)15/h3-7,15H,2H2,1H3,(H,13,16). The highest BCUT2D eigenvalue weighted by Gasteiger charge is 2.13. The maximum atomic E-state index is 11.6. The third-order valence-corrected chi connectivity index (χ3v) is 2.33. The second-order valence-electron chi connectivity index (χ2n) is 3.40. The predicted molar refractivity (Wildman–Crippen MR) is 61.4 cm³/mol. The van der Waals surface area contributed by atoms with Crippen LogP contribution in [-0.2, 0) is 0 Å². The summed E-state index contributed by atoms with van der Waals surface area (Å²) >= 11 is 0. The maximum absolute atomic E-state index is 11.6. The smallest absolute Gasteiger partial charge is 0.255 e. The molecule has 4 heteroatoms. The quantitative estimate of drug-likeness (QED) is 0.803. The molecule has 0 saturated heterocycles. The number of nitrogens with zero attached hydrogens (tertiary/aromatic N) is 1. The molecule has 0 saturated carbocycles. The van der Waals surface area contributed by atoms with E-state index in [0.29, 0.717) is 12.1 Å². The van der Waals surface area contributed by atoms with E-state index in [1.165, 1.54) is 0 Å². The van der Waals surface area contributed by atoms with E-state index in [1.54, 1.807) is 24.4 Å². The molecule has 16 heavy (non-hydrogen) atoms. The van der Waals surface area contributed by atoms with Gasteiger partial charge in [-0.25, -0.2) is 0 Å². The van der Waals surface area contributed by atoms with Gasteiger partial charge < -0.3 is 10.4 Å². The van der Waals surface area contributed by atoms with Gasteiger partial charge in [0.2, 0.25) is 0 Å². The van der Waals surface area contributed by atoms with Crippen molar-refractivity contribution in [3.05, 3.63) is 36.0 Å². The monoisotopic (exact) mass is 216 g/mol. The number of aromatic hydroxyl groups is 1. The fourth-order valence-corrected chi connectivity index (χ4v) is 1.57. The molecule has 0 unspecified atom stereocenters. The lowest BCUT2D eigenvalue weighted by Gasteiger charge is -2.06. The largest absolute Gasteiger partial charge is 0.505 e. The Morgan fingerprint density at radius 3 is 3.00 bits per heavy atom. The molecule has 0 aliphatic heterocycles. The van der Waals surface area contributed by atoms with E-state index in [1.807, 2.05) is 13.0 Å². The van der Waals surface area contributed by atoms with Crippen LogP contribution in [0.2, 0.25) is 0 Å².